The number of nitrogens with zero attached hydrogens (tertiary/aromatic N) is 4. The summed E-state index contributed by atoms with van der Waals surface area (Å²) in [4.78, 5) is 30.9. The lowest BCUT2D eigenvalue weighted by molar-refractivity contribution is 0.102. The van der Waals surface area contributed by atoms with E-state index in [-0.39, 0.29) is 23.1 Å². The number of carbonyl (C=O) groups is 2. The van der Waals surface area contributed by atoms with Crippen LogP contribution >= 0.6 is 11.6 Å². The van der Waals surface area contributed by atoms with Gasteiger partial charge in [0, 0.05) is 30.8 Å². The molecule has 1 aromatic carbocycles. The number of aryl methyl sites for hydroxylation is 1. The predicted molar refractivity (Wildman–Crippen MR) is 116 cm³/mol. The van der Waals surface area contributed by atoms with Crippen LogP contribution in [0.4, 0.5) is 17.2 Å². The third-order valence-corrected chi connectivity index (χ3v) is 4.72. The summed E-state index contributed by atoms with van der Waals surface area (Å²) >= 11 is 5.80. The number of carbonyl (C=O) groups excluding carboxylic acids is 2. The van der Waals surface area contributed by atoms with Crippen molar-refractivity contribution in [3.05, 3.63) is 65.1 Å². The molecule has 3 heterocycles. The Morgan fingerprint density at radius 2 is 1.90 bits per heavy atom. The second-order valence-corrected chi connectivity index (χ2v) is 7.12. The van der Waals surface area contributed by atoms with Gasteiger partial charge in [-0.3, -0.25) is 24.6 Å². The molecule has 0 bridgehead atoms. The van der Waals surface area contributed by atoms with Crippen molar-refractivity contribution in [3.63, 3.8) is 0 Å². The number of amides is 2. The molecule has 0 unspecified atom stereocenters. The van der Waals surface area contributed by atoms with Crippen LogP contribution in [0.5, 0.6) is 0 Å². The second-order valence-electron chi connectivity index (χ2n) is 6.69. The smallest absolute Gasteiger partial charge is 0.289 e. The molecule has 2 aromatic heterocycles. The molecule has 0 aliphatic carbocycles. The summed E-state index contributed by atoms with van der Waals surface area (Å²) in [6.07, 6.45) is 2.87. The first-order valence-corrected chi connectivity index (χ1v) is 9.65. The number of ether oxygens (including phenoxy) is 1. The van der Waals surface area contributed by atoms with Crippen molar-refractivity contribution < 1.29 is 14.3 Å². The van der Waals surface area contributed by atoms with Crippen LogP contribution < -0.4 is 15.5 Å². The van der Waals surface area contributed by atoms with Gasteiger partial charge in [0.1, 0.15) is 17.9 Å². The molecule has 4 rings (SSSR count). The molecular formula is C20H18ClN7O3. The molecule has 1 saturated heterocycles. The average Bonchev–Trinajstić information content (AvgIpc) is 3.34. The molecule has 31 heavy (non-hydrogen) atoms. The van der Waals surface area contributed by atoms with Crippen LogP contribution in [0.25, 0.3) is 0 Å². The summed E-state index contributed by atoms with van der Waals surface area (Å²) in [5, 5.41) is 17.7. The summed E-state index contributed by atoms with van der Waals surface area (Å²) in [6.45, 7) is 1.07. The molecule has 158 valence electrons. The van der Waals surface area contributed by atoms with E-state index < -0.39 is 11.8 Å². The van der Waals surface area contributed by atoms with Crippen molar-refractivity contribution in [1.29, 1.82) is 5.41 Å². The summed E-state index contributed by atoms with van der Waals surface area (Å²) in [5.74, 6) is -0.831. The van der Waals surface area contributed by atoms with E-state index in [0.29, 0.717) is 23.9 Å². The van der Waals surface area contributed by atoms with E-state index in [9.17, 15) is 9.59 Å². The topological polar surface area (TPSA) is 125 Å². The third kappa shape index (κ3) is 4.48. The van der Waals surface area contributed by atoms with Crippen molar-refractivity contribution in [2.45, 2.75) is 0 Å². The minimum absolute atomic E-state index is 0.0997. The van der Waals surface area contributed by atoms with E-state index in [4.69, 9.17) is 21.7 Å². The standard InChI is InChI=1S/C20H18ClN7O3/c1-27-11-15(17(26-27)25-19(30)16-7-2-12(21)10-23-16)18(29)24-13-3-5-14(6-4-13)28-8-9-31-20(28)22/h2-7,10-11,22H,8-9H2,1H3,(H,24,29)(H,25,26,30). The Bertz CT molecular complexity index is 1140. The second kappa shape index (κ2) is 8.44. The van der Waals surface area contributed by atoms with E-state index in [2.05, 4.69) is 20.7 Å². The van der Waals surface area contributed by atoms with Gasteiger partial charge in [0.15, 0.2) is 5.82 Å². The fourth-order valence-corrected chi connectivity index (χ4v) is 3.12. The monoisotopic (exact) mass is 439 g/mol. The van der Waals surface area contributed by atoms with Gasteiger partial charge in [-0.25, -0.2) is 4.98 Å². The van der Waals surface area contributed by atoms with Crippen LogP contribution in [-0.2, 0) is 11.8 Å². The first kappa shape index (κ1) is 20.4. The highest BCUT2D eigenvalue weighted by Crippen LogP contribution is 2.22. The van der Waals surface area contributed by atoms with Gasteiger partial charge in [0.2, 0.25) is 0 Å². The van der Waals surface area contributed by atoms with Gasteiger partial charge in [0.05, 0.1) is 11.6 Å². The van der Waals surface area contributed by atoms with Gasteiger partial charge in [-0.05, 0) is 36.4 Å². The number of rotatable bonds is 5. The van der Waals surface area contributed by atoms with Gasteiger partial charge >= 0.3 is 0 Å². The summed E-state index contributed by atoms with van der Waals surface area (Å²) in [5.41, 5.74) is 1.70. The summed E-state index contributed by atoms with van der Waals surface area (Å²) in [6, 6.07) is 10.2. The number of amidine groups is 1. The van der Waals surface area contributed by atoms with Crippen LogP contribution in [0, 0.1) is 5.41 Å². The Morgan fingerprint density at radius 3 is 2.55 bits per heavy atom. The molecule has 1 fully saturated rings. The zero-order chi connectivity index (χ0) is 22.0. The van der Waals surface area contributed by atoms with E-state index in [0.717, 1.165) is 5.69 Å². The first-order valence-electron chi connectivity index (χ1n) is 9.27. The molecule has 10 nitrogen and oxygen atoms in total. The molecule has 3 aromatic rings. The van der Waals surface area contributed by atoms with Gasteiger partial charge in [0.25, 0.3) is 17.8 Å². The molecule has 0 radical (unpaired) electrons. The number of pyridine rings is 1. The van der Waals surface area contributed by atoms with Crippen LogP contribution in [-0.4, -0.2) is 45.8 Å². The number of hydrogen-bond donors (Lipinski definition) is 3. The molecule has 1 aliphatic rings. The van der Waals surface area contributed by atoms with Gasteiger partial charge < -0.3 is 15.4 Å². The minimum atomic E-state index is -0.510. The minimum Gasteiger partial charge on any atom is -0.463 e. The number of anilines is 3. The number of nitrogens with one attached hydrogen (secondary N) is 3. The van der Waals surface area contributed by atoms with E-state index in [1.165, 1.54) is 23.1 Å². The molecule has 11 heteroatoms. The molecule has 0 atom stereocenters. The number of aromatic nitrogens is 3. The Hall–Kier alpha value is -3.92. The van der Waals surface area contributed by atoms with Gasteiger partial charge in [-0.2, -0.15) is 5.10 Å². The number of halogens is 1. The normalized spacial score (nSPS) is 13.1. The molecule has 3 N–H and O–H groups in total. The van der Waals surface area contributed by atoms with Crippen LogP contribution in [0.1, 0.15) is 20.8 Å². The van der Waals surface area contributed by atoms with E-state index >= 15 is 0 Å². The van der Waals surface area contributed by atoms with E-state index in [1.807, 2.05) is 0 Å². The zero-order valence-corrected chi connectivity index (χ0v) is 17.2. The first-order chi connectivity index (χ1) is 14.9. The Balaban J connectivity index is 1.47. The van der Waals surface area contributed by atoms with Crippen LogP contribution in [0.3, 0.4) is 0 Å². The third-order valence-electron chi connectivity index (χ3n) is 4.50. The van der Waals surface area contributed by atoms with Crippen LogP contribution in [0.2, 0.25) is 5.02 Å². The maximum Gasteiger partial charge on any atom is 0.289 e. The molecule has 2 amide bonds. The highest BCUT2D eigenvalue weighted by molar-refractivity contribution is 6.30. The van der Waals surface area contributed by atoms with Crippen molar-refractivity contribution in [3.8, 4) is 0 Å². The molecule has 0 spiro atoms. The Kier molecular flexibility index (Phi) is 5.54. The lowest BCUT2D eigenvalue weighted by Crippen LogP contribution is -2.23. The fourth-order valence-electron chi connectivity index (χ4n) is 3.01. The molecular weight excluding hydrogens is 422 g/mol. The predicted octanol–water partition coefficient (Wildman–Crippen LogP) is 2.74. The maximum absolute atomic E-state index is 12.8. The number of hydrogen-bond acceptors (Lipinski definition) is 6. The molecule has 0 saturated carbocycles. The highest BCUT2D eigenvalue weighted by Gasteiger charge is 2.21. The number of benzene rings is 1. The Labute approximate surface area is 182 Å². The largest absolute Gasteiger partial charge is 0.463 e. The summed E-state index contributed by atoms with van der Waals surface area (Å²) in [7, 11) is 1.65. The zero-order valence-electron chi connectivity index (χ0n) is 16.4. The van der Waals surface area contributed by atoms with Crippen molar-refractivity contribution in [1.82, 2.24) is 14.8 Å². The van der Waals surface area contributed by atoms with Crippen molar-refractivity contribution >= 4 is 46.6 Å². The van der Waals surface area contributed by atoms with Gasteiger partial charge in [-0.1, -0.05) is 11.6 Å². The van der Waals surface area contributed by atoms with Crippen molar-refractivity contribution in [2.24, 2.45) is 7.05 Å². The van der Waals surface area contributed by atoms with Crippen LogP contribution in [0.15, 0.2) is 48.8 Å². The Morgan fingerprint density at radius 1 is 1.13 bits per heavy atom. The maximum atomic E-state index is 12.8. The lowest BCUT2D eigenvalue weighted by Gasteiger charge is -2.15. The fraction of sp³-hybridized carbons (Fsp3) is 0.150. The SMILES string of the molecule is Cn1cc(C(=O)Nc2ccc(N3CCOC3=N)cc2)c(NC(=O)c2ccc(Cl)cn2)n1. The molecule has 1 aliphatic heterocycles. The average molecular weight is 440 g/mol. The quantitative estimate of drug-likeness (QED) is 0.561. The highest BCUT2D eigenvalue weighted by atomic mass is 35.5. The van der Waals surface area contributed by atoms with Gasteiger partial charge in [-0.15, -0.1) is 0 Å². The van der Waals surface area contributed by atoms with Crippen molar-refractivity contribution in [2.75, 3.05) is 28.7 Å². The van der Waals surface area contributed by atoms with E-state index in [1.54, 1.807) is 42.3 Å². The summed E-state index contributed by atoms with van der Waals surface area (Å²) < 4.78 is 6.57. The lowest BCUT2D eigenvalue weighted by atomic mass is 10.2.